The lowest BCUT2D eigenvalue weighted by Crippen LogP contribution is -2.38. The second-order valence-corrected chi connectivity index (χ2v) is 6.94. The Labute approximate surface area is 157 Å². The topological polar surface area (TPSA) is 115 Å². The molecule has 0 bridgehead atoms. The highest BCUT2D eigenvalue weighted by Gasteiger charge is 2.29. The van der Waals surface area contributed by atoms with Crippen molar-refractivity contribution in [3.8, 4) is 0 Å². The molecule has 1 aromatic heterocycles. The number of benzene rings is 2. The van der Waals surface area contributed by atoms with E-state index in [1.165, 1.54) is 17.8 Å². The summed E-state index contributed by atoms with van der Waals surface area (Å²) in [6.45, 7) is 0. The van der Waals surface area contributed by atoms with Crippen molar-refractivity contribution in [3.63, 3.8) is 0 Å². The van der Waals surface area contributed by atoms with Crippen LogP contribution >= 0.6 is 11.8 Å². The molecule has 0 saturated carbocycles. The summed E-state index contributed by atoms with van der Waals surface area (Å²) in [6.07, 6.45) is 0.867. The fraction of sp³-hybridized carbons (Fsp3) is 0.118. The average Bonchev–Trinajstić information content (AvgIpc) is 3.06. The molecule has 1 atom stereocenters. The van der Waals surface area contributed by atoms with Gasteiger partial charge in [-0.05, 0) is 36.0 Å². The predicted molar refractivity (Wildman–Crippen MR) is 98.5 cm³/mol. The minimum atomic E-state index is -0.693. The molecule has 3 aromatic rings. The van der Waals surface area contributed by atoms with E-state index in [0.717, 1.165) is 0 Å². The summed E-state index contributed by atoms with van der Waals surface area (Å²) in [5, 5.41) is 25.9. The number of anilines is 1. The molecular formula is C17H14N6O3S. The first-order chi connectivity index (χ1) is 13.0. The van der Waals surface area contributed by atoms with Gasteiger partial charge in [0.05, 0.1) is 16.1 Å². The highest BCUT2D eigenvalue weighted by atomic mass is 32.2. The van der Waals surface area contributed by atoms with E-state index in [0.29, 0.717) is 26.9 Å². The molecule has 10 heteroatoms. The molecule has 2 aromatic carbocycles. The molecule has 0 radical (unpaired) electrons. The van der Waals surface area contributed by atoms with Gasteiger partial charge in [0.15, 0.2) is 5.16 Å². The number of hydrogen-bond acceptors (Lipinski definition) is 7. The lowest BCUT2D eigenvalue weighted by molar-refractivity contribution is -0.385. The van der Waals surface area contributed by atoms with Gasteiger partial charge in [-0.3, -0.25) is 14.9 Å². The Morgan fingerprint density at radius 1 is 1.22 bits per heavy atom. The van der Waals surface area contributed by atoms with Crippen molar-refractivity contribution in [2.45, 2.75) is 16.2 Å². The summed E-state index contributed by atoms with van der Waals surface area (Å²) >= 11 is 1.27. The maximum atomic E-state index is 12.3. The molecule has 4 rings (SSSR count). The average molecular weight is 382 g/mol. The molecule has 1 aliphatic heterocycles. The third kappa shape index (κ3) is 3.22. The summed E-state index contributed by atoms with van der Waals surface area (Å²) in [6, 6.07) is 11.9. The van der Waals surface area contributed by atoms with Gasteiger partial charge in [-0.15, -0.1) is 10.2 Å². The number of fused-ring (bicyclic) bond motifs is 1. The van der Waals surface area contributed by atoms with Crippen molar-refractivity contribution in [2.24, 2.45) is 7.05 Å². The number of nitro groups is 1. The fourth-order valence-electron chi connectivity index (χ4n) is 2.82. The van der Waals surface area contributed by atoms with E-state index in [1.807, 2.05) is 0 Å². The van der Waals surface area contributed by atoms with Crippen LogP contribution in [0.4, 0.5) is 11.4 Å². The van der Waals surface area contributed by atoms with Crippen molar-refractivity contribution in [3.05, 3.63) is 70.0 Å². The molecule has 2 N–H and O–H groups in total. The molecule has 9 nitrogen and oxygen atoms in total. The Bertz CT molecular complexity index is 1050. The first kappa shape index (κ1) is 17.0. The second-order valence-electron chi connectivity index (χ2n) is 5.90. The zero-order chi connectivity index (χ0) is 19.0. The SMILES string of the molecule is Cn1cnnc1Sc1ccc([C@@H]2NC(=O)c3ccccc3N2)c([N+](=O)[O-])c1. The van der Waals surface area contributed by atoms with Crippen LogP contribution in [-0.2, 0) is 7.05 Å². The molecular weight excluding hydrogens is 368 g/mol. The molecule has 136 valence electrons. The van der Waals surface area contributed by atoms with Crippen LogP contribution in [0.5, 0.6) is 0 Å². The number of aromatic nitrogens is 3. The van der Waals surface area contributed by atoms with Crippen molar-refractivity contribution in [1.82, 2.24) is 20.1 Å². The number of aryl methyl sites for hydroxylation is 1. The highest BCUT2D eigenvalue weighted by Crippen LogP contribution is 2.35. The Morgan fingerprint density at radius 2 is 2.04 bits per heavy atom. The van der Waals surface area contributed by atoms with Gasteiger partial charge in [0.1, 0.15) is 12.5 Å². The van der Waals surface area contributed by atoms with E-state index >= 15 is 0 Å². The lowest BCUT2D eigenvalue weighted by Gasteiger charge is -2.27. The largest absolute Gasteiger partial charge is 0.361 e. The Balaban J connectivity index is 1.68. The summed E-state index contributed by atoms with van der Waals surface area (Å²) in [4.78, 5) is 24.2. The van der Waals surface area contributed by atoms with Crippen LogP contribution in [0, 0.1) is 10.1 Å². The van der Waals surface area contributed by atoms with E-state index in [1.54, 1.807) is 54.3 Å². The lowest BCUT2D eigenvalue weighted by atomic mass is 10.0. The molecule has 27 heavy (non-hydrogen) atoms. The van der Waals surface area contributed by atoms with Crippen molar-refractivity contribution in [2.75, 3.05) is 5.32 Å². The number of carbonyl (C=O) groups is 1. The highest BCUT2D eigenvalue weighted by molar-refractivity contribution is 7.99. The number of nitrogens with one attached hydrogen (secondary N) is 2. The van der Waals surface area contributed by atoms with Gasteiger partial charge >= 0.3 is 0 Å². The summed E-state index contributed by atoms with van der Waals surface area (Å²) in [5.74, 6) is -0.277. The van der Waals surface area contributed by atoms with E-state index < -0.39 is 11.1 Å². The molecule has 2 heterocycles. The van der Waals surface area contributed by atoms with Gasteiger partial charge in [0.2, 0.25) is 0 Å². The summed E-state index contributed by atoms with van der Waals surface area (Å²) < 4.78 is 1.73. The van der Waals surface area contributed by atoms with Crippen molar-refractivity contribution in [1.29, 1.82) is 0 Å². The van der Waals surface area contributed by atoms with Gasteiger partial charge < -0.3 is 15.2 Å². The predicted octanol–water partition coefficient (Wildman–Crippen LogP) is 2.73. The Kier molecular flexibility index (Phi) is 4.24. The van der Waals surface area contributed by atoms with E-state index in [2.05, 4.69) is 20.8 Å². The number of para-hydroxylation sites is 1. The Hall–Kier alpha value is -3.40. The van der Waals surface area contributed by atoms with Crippen molar-refractivity contribution < 1.29 is 9.72 Å². The van der Waals surface area contributed by atoms with Crippen LogP contribution in [0.15, 0.2) is 58.8 Å². The summed E-state index contributed by atoms with van der Waals surface area (Å²) in [5.41, 5.74) is 1.44. The fourth-order valence-corrected chi connectivity index (χ4v) is 3.62. The summed E-state index contributed by atoms with van der Waals surface area (Å²) in [7, 11) is 1.80. The molecule has 0 spiro atoms. The first-order valence-corrected chi connectivity index (χ1v) is 8.81. The van der Waals surface area contributed by atoms with E-state index in [9.17, 15) is 14.9 Å². The zero-order valence-electron chi connectivity index (χ0n) is 14.1. The van der Waals surface area contributed by atoms with Crippen LogP contribution in [-0.4, -0.2) is 25.6 Å². The third-order valence-electron chi connectivity index (χ3n) is 4.14. The molecule has 1 aliphatic rings. The molecule has 0 saturated heterocycles. The smallest absolute Gasteiger partial charge is 0.277 e. The first-order valence-electron chi connectivity index (χ1n) is 7.99. The van der Waals surface area contributed by atoms with E-state index in [4.69, 9.17) is 0 Å². The van der Waals surface area contributed by atoms with Crippen LogP contribution in [0.2, 0.25) is 0 Å². The van der Waals surface area contributed by atoms with E-state index in [-0.39, 0.29) is 11.6 Å². The Morgan fingerprint density at radius 3 is 2.78 bits per heavy atom. The maximum absolute atomic E-state index is 12.3. The normalized spacial score (nSPS) is 15.6. The van der Waals surface area contributed by atoms with Crippen LogP contribution < -0.4 is 10.6 Å². The van der Waals surface area contributed by atoms with Gasteiger partial charge in [0, 0.05) is 23.7 Å². The van der Waals surface area contributed by atoms with Gasteiger partial charge in [-0.1, -0.05) is 12.1 Å². The van der Waals surface area contributed by atoms with Gasteiger partial charge in [-0.2, -0.15) is 0 Å². The van der Waals surface area contributed by atoms with Crippen molar-refractivity contribution >= 4 is 29.0 Å². The van der Waals surface area contributed by atoms with Crippen LogP contribution in [0.1, 0.15) is 22.1 Å². The monoisotopic (exact) mass is 382 g/mol. The molecule has 0 unspecified atom stereocenters. The maximum Gasteiger partial charge on any atom is 0.277 e. The number of rotatable bonds is 4. The van der Waals surface area contributed by atoms with Crippen LogP contribution in [0.3, 0.4) is 0 Å². The minimum Gasteiger partial charge on any atom is -0.361 e. The number of hydrogen-bond donors (Lipinski definition) is 2. The standard InChI is InChI=1S/C17H14N6O3S/c1-22-9-18-21-17(22)27-10-6-7-12(14(8-10)23(25)26)15-19-13-5-3-2-4-11(13)16(24)20-15/h2-9,15,19H,1H3,(H,20,24)/t15-/m0/s1. The quantitative estimate of drug-likeness (QED) is 0.526. The molecule has 1 amide bonds. The molecule has 0 aliphatic carbocycles. The minimum absolute atomic E-state index is 0.0839. The number of amides is 1. The second kappa shape index (κ2) is 6.72. The van der Waals surface area contributed by atoms with Crippen LogP contribution in [0.25, 0.3) is 0 Å². The third-order valence-corrected chi connectivity index (χ3v) is 5.18. The number of nitrogens with zero attached hydrogens (tertiary/aromatic N) is 4. The number of nitro benzene ring substituents is 1. The number of carbonyl (C=O) groups excluding carboxylic acids is 1. The zero-order valence-corrected chi connectivity index (χ0v) is 14.9. The van der Waals surface area contributed by atoms with Gasteiger partial charge in [-0.25, -0.2) is 0 Å². The van der Waals surface area contributed by atoms with Gasteiger partial charge in [0.25, 0.3) is 11.6 Å². The molecule has 0 fully saturated rings.